The lowest BCUT2D eigenvalue weighted by atomic mass is 10.0. The lowest BCUT2D eigenvalue weighted by molar-refractivity contribution is 1.21. The first-order valence-electron chi connectivity index (χ1n) is 7.16. The Balaban J connectivity index is 2.10. The highest BCUT2D eigenvalue weighted by molar-refractivity contribution is 6.06. The maximum Gasteiger partial charge on any atom is 0.0711 e. The molecule has 0 bridgehead atoms. The molecule has 0 saturated heterocycles. The summed E-state index contributed by atoms with van der Waals surface area (Å²) < 4.78 is 2.18. The number of nitrogens with zero attached hydrogens (tertiary/aromatic N) is 2. The molecular weight excluding hydrogens is 256 g/mol. The molecule has 4 aromatic rings. The van der Waals surface area contributed by atoms with Gasteiger partial charge in [0.15, 0.2) is 0 Å². The summed E-state index contributed by atoms with van der Waals surface area (Å²) in [7, 11) is 0. The minimum atomic E-state index is 1.04. The number of fused-ring (bicyclic) bond motifs is 3. The minimum Gasteiger partial charge on any atom is -0.323 e. The summed E-state index contributed by atoms with van der Waals surface area (Å²) in [5, 5.41) is 2.52. The van der Waals surface area contributed by atoms with E-state index >= 15 is 0 Å². The predicted molar refractivity (Wildman–Crippen MR) is 87.6 cm³/mol. The second kappa shape index (κ2) is 4.45. The molecule has 2 heteroatoms. The van der Waals surface area contributed by atoms with Crippen molar-refractivity contribution in [2.75, 3.05) is 0 Å². The molecular formula is C19H16N2. The number of hydrogen-bond donors (Lipinski definition) is 0. The Morgan fingerprint density at radius 2 is 1.86 bits per heavy atom. The highest BCUT2D eigenvalue weighted by Crippen LogP contribution is 2.32. The van der Waals surface area contributed by atoms with Gasteiger partial charge >= 0.3 is 0 Å². The fraction of sp³-hybridized carbons (Fsp3) is 0.105. The zero-order valence-corrected chi connectivity index (χ0v) is 12.2. The third-order valence-corrected chi connectivity index (χ3v) is 4.17. The lowest BCUT2D eigenvalue weighted by Gasteiger charge is -2.06. The molecule has 0 fully saturated rings. The Labute approximate surface area is 123 Å². The molecule has 1 aromatic carbocycles. The molecule has 4 rings (SSSR count). The van der Waals surface area contributed by atoms with Crippen LogP contribution in [0.1, 0.15) is 11.1 Å². The number of pyridine rings is 2. The van der Waals surface area contributed by atoms with E-state index in [0.717, 1.165) is 5.69 Å². The maximum atomic E-state index is 4.64. The number of rotatable bonds is 1. The maximum absolute atomic E-state index is 4.64. The van der Waals surface area contributed by atoms with Crippen LogP contribution < -0.4 is 0 Å². The van der Waals surface area contributed by atoms with E-state index in [1.807, 2.05) is 6.20 Å². The highest BCUT2D eigenvalue weighted by atomic mass is 14.9. The van der Waals surface area contributed by atoms with Crippen LogP contribution in [0.4, 0.5) is 0 Å². The highest BCUT2D eigenvalue weighted by Gasteiger charge is 2.10. The Hall–Kier alpha value is -2.61. The average Bonchev–Trinajstić information content (AvgIpc) is 2.88. The molecule has 2 nitrogen and oxygen atoms in total. The molecule has 0 aliphatic carbocycles. The second-order valence-electron chi connectivity index (χ2n) is 5.55. The SMILES string of the molecule is Cc1cnc(-c2cccc3cn4ccccc4c23)cc1C. The van der Waals surface area contributed by atoms with Crippen molar-refractivity contribution in [2.24, 2.45) is 0 Å². The number of aryl methyl sites for hydroxylation is 2. The van der Waals surface area contributed by atoms with Crippen LogP contribution in [0.25, 0.3) is 27.5 Å². The van der Waals surface area contributed by atoms with Crippen molar-refractivity contribution in [3.05, 3.63) is 72.2 Å². The van der Waals surface area contributed by atoms with E-state index in [-0.39, 0.29) is 0 Å². The Morgan fingerprint density at radius 1 is 0.952 bits per heavy atom. The summed E-state index contributed by atoms with van der Waals surface area (Å²) in [6, 6.07) is 14.9. The van der Waals surface area contributed by atoms with E-state index in [1.54, 1.807) is 0 Å². The van der Waals surface area contributed by atoms with E-state index in [9.17, 15) is 0 Å². The molecule has 3 heterocycles. The van der Waals surface area contributed by atoms with Gasteiger partial charge in [0.25, 0.3) is 0 Å². The largest absolute Gasteiger partial charge is 0.323 e. The molecule has 21 heavy (non-hydrogen) atoms. The summed E-state index contributed by atoms with van der Waals surface area (Å²) in [6.45, 7) is 4.24. The quantitative estimate of drug-likeness (QED) is 0.488. The van der Waals surface area contributed by atoms with Gasteiger partial charge in [-0.05, 0) is 43.2 Å². The second-order valence-corrected chi connectivity index (χ2v) is 5.55. The normalized spacial score (nSPS) is 11.3. The molecule has 3 aromatic heterocycles. The molecule has 0 saturated carbocycles. The summed E-state index contributed by atoms with van der Waals surface area (Å²) in [6.07, 6.45) is 6.23. The van der Waals surface area contributed by atoms with Crippen LogP contribution in [0.3, 0.4) is 0 Å². The molecule has 0 radical (unpaired) electrons. The fourth-order valence-corrected chi connectivity index (χ4v) is 2.88. The van der Waals surface area contributed by atoms with Crippen LogP contribution in [-0.2, 0) is 0 Å². The van der Waals surface area contributed by atoms with Crippen molar-refractivity contribution in [3.63, 3.8) is 0 Å². The van der Waals surface area contributed by atoms with E-state index in [4.69, 9.17) is 0 Å². The zero-order valence-electron chi connectivity index (χ0n) is 12.2. The fourth-order valence-electron chi connectivity index (χ4n) is 2.88. The van der Waals surface area contributed by atoms with Crippen LogP contribution in [0.15, 0.2) is 61.1 Å². The smallest absolute Gasteiger partial charge is 0.0711 e. The summed E-state index contributed by atoms with van der Waals surface area (Å²) in [4.78, 5) is 4.64. The van der Waals surface area contributed by atoms with Crippen LogP contribution in [0.2, 0.25) is 0 Å². The third kappa shape index (κ3) is 1.83. The number of benzene rings is 1. The van der Waals surface area contributed by atoms with Gasteiger partial charge in [0.05, 0.1) is 11.2 Å². The predicted octanol–water partition coefficient (Wildman–Crippen LogP) is 4.77. The van der Waals surface area contributed by atoms with Crippen molar-refractivity contribution in [3.8, 4) is 11.3 Å². The third-order valence-electron chi connectivity index (χ3n) is 4.17. The van der Waals surface area contributed by atoms with Crippen LogP contribution in [-0.4, -0.2) is 9.38 Å². The summed E-state index contributed by atoms with van der Waals surface area (Å²) >= 11 is 0. The molecule has 0 aliphatic heterocycles. The van der Waals surface area contributed by atoms with Gasteiger partial charge in [-0.25, -0.2) is 0 Å². The topological polar surface area (TPSA) is 17.3 Å². The van der Waals surface area contributed by atoms with Crippen molar-refractivity contribution >= 4 is 16.3 Å². The monoisotopic (exact) mass is 272 g/mol. The van der Waals surface area contributed by atoms with Gasteiger partial charge in [-0.15, -0.1) is 0 Å². The van der Waals surface area contributed by atoms with Gasteiger partial charge < -0.3 is 4.40 Å². The van der Waals surface area contributed by atoms with Crippen LogP contribution >= 0.6 is 0 Å². The Morgan fingerprint density at radius 3 is 2.71 bits per heavy atom. The van der Waals surface area contributed by atoms with Gasteiger partial charge in [-0.1, -0.05) is 24.3 Å². The standard InChI is InChI=1S/C19H16N2/c1-13-10-17(20-11-14(13)2)16-7-5-6-15-12-21-9-4-3-8-18(21)19(15)16/h3-12H,1-2H3. The van der Waals surface area contributed by atoms with Gasteiger partial charge in [0.2, 0.25) is 0 Å². The van der Waals surface area contributed by atoms with Gasteiger partial charge in [-0.2, -0.15) is 0 Å². The lowest BCUT2D eigenvalue weighted by Crippen LogP contribution is -1.89. The molecule has 0 spiro atoms. The van der Waals surface area contributed by atoms with Crippen molar-refractivity contribution in [1.29, 1.82) is 0 Å². The van der Waals surface area contributed by atoms with Crippen molar-refractivity contribution in [1.82, 2.24) is 9.38 Å². The van der Waals surface area contributed by atoms with Crippen LogP contribution in [0.5, 0.6) is 0 Å². The number of aromatic nitrogens is 2. The minimum absolute atomic E-state index is 1.04. The van der Waals surface area contributed by atoms with Gasteiger partial charge in [0.1, 0.15) is 0 Å². The first kappa shape index (κ1) is 12.2. The first-order chi connectivity index (χ1) is 10.2. The zero-order chi connectivity index (χ0) is 14.4. The molecule has 0 unspecified atom stereocenters. The average molecular weight is 272 g/mol. The van der Waals surface area contributed by atoms with Crippen molar-refractivity contribution in [2.45, 2.75) is 13.8 Å². The first-order valence-corrected chi connectivity index (χ1v) is 7.16. The summed E-state index contributed by atoms with van der Waals surface area (Å²) in [5.74, 6) is 0. The van der Waals surface area contributed by atoms with E-state index in [1.165, 1.54) is 33.0 Å². The molecule has 0 N–H and O–H groups in total. The molecule has 0 atom stereocenters. The molecule has 0 amide bonds. The van der Waals surface area contributed by atoms with E-state index < -0.39 is 0 Å². The molecule has 102 valence electrons. The van der Waals surface area contributed by atoms with Crippen LogP contribution in [0, 0.1) is 13.8 Å². The number of hydrogen-bond acceptors (Lipinski definition) is 1. The molecule has 0 aliphatic rings. The van der Waals surface area contributed by atoms with Gasteiger partial charge in [-0.3, -0.25) is 4.98 Å². The van der Waals surface area contributed by atoms with E-state index in [0.29, 0.717) is 0 Å². The summed E-state index contributed by atoms with van der Waals surface area (Å²) in [5.41, 5.74) is 5.97. The van der Waals surface area contributed by atoms with Crippen molar-refractivity contribution < 1.29 is 0 Å². The van der Waals surface area contributed by atoms with Gasteiger partial charge in [0, 0.05) is 34.9 Å². The Kier molecular flexibility index (Phi) is 2.58. The Bertz CT molecular complexity index is 964. The van der Waals surface area contributed by atoms with E-state index in [2.05, 4.69) is 78.1 Å².